The van der Waals surface area contributed by atoms with Gasteiger partial charge >= 0.3 is 0 Å². The van der Waals surface area contributed by atoms with Gasteiger partial charge in [-0.2, -0.15) is 5.10 Å². The fraction of sp³-hybridized carbons (Fsp3) is 0.440. The number of benzene rings is 1. The molecule has 6 nitrogen and oxygen atoms in total. The summed E-state index contributed by atoms with van der Waals surface area (Å²) in [6, 6.07) is 10.8. The van der Waals surface area contributed by atoms with Crippen molar-refractivity contribution in [1.82, 2.24) is 24.6 Å². The van der Waals surface area contributed by atoms with Gasteiger partial charge in [-0.3, -0.25) is 9.78 Å². The van der Waals surface area contributed by atoms with Crippen LogP contribution in [0, 0.1) is 19.7 Å². The Bertz CT molecular complexity index is 1070. The monoisotopic (exact) mass is 435 g/mol. The van der Waals surface area contributed by atoms with Crippen LogP contribution in [-0.2, 0) is 11.2 Å². The Morgan fingerprint density at radius 3 is 2.56 bits per heavy atom. The van der Waals surface area contributed by atoms with E-state index in [0.29, 0.717) is 18.8 Å². The second kappa shape index (κ2) is 9.59. The van der Waals surface area contributed by atoms with Gasteiger partial charge in [0.1, 0.15) is 17.5 Å². The molecule has 0 bridgehead atoms. The quantitative estimate of drug-likeness (QED) is 0.577. The van der Waals surface area contributed by atoms with Crippen LogP contribution in [0.4, 0.5) is 4.39 Å². The van der Waals surface area contributed by atoms with Crippen LogP contribution in [0.3, 0.4) is 0 Å². The SMILES string of the molecule is Cc1nc(C)n([C@H](C)CC(=O)N2CCC(c3ccc(Cc4cccc(F)c4)cn3)CC2)n1. The summed E-state index contributed by atoms with van der Waals surface area (Å²) in [6.45, 7) is 7.30. The molecule has 4 rings (SSSR count). The Hall–Kier alpha value is -3.09. The van der Waals surface area contributed by atoms with Gasteiger partial charge in [-0.15, -0.1) is 0 Å². The minimum absolute atomic E-state index is 0.00581. The molecule has 1 fully saturated rings. The molecule has 1 saturated heterocycles. The normalized spacial score (nSPS) is 15.7. The summed E-state index contributed by atoms with van der Waals surface area (Å²) in [7, 11) is 0. The fourth-order valence-electron chi connectivity index (χ4n) is 4.51. The van der Waals surface area contributed by atoms with E-state index in [2.05, 4.69) is 27.2 Å². The van der Waals surface area contributed by atoms with Crippen LogP contribution in [0.25, 0.3) is 0 Å². The van der Waals surface area contributed by atoms with E-state index in [1.165, 1.54) is 6.07 Å². The van der Waals surface area contributed by atoms with Crippen LogP contribution in [0.15, 0.2) is 42.6 Å². The highest BCUT2D eigenvalue weighted by molar-refractivity contribution is 5.76. The second-order valence-electron chi connectivity index (χ2n) is 8.76. The number of piperidine rings is 1. The molecule has 7 heteroatoms. The third-order valence-corrected chi connectivity index (χ3v) is 6.21. The van der Waals surface area contributed by atoms with Crippen LogP contribution in [0.2, 0.25) is 0 Å². The van der Waals surface area contributed by atoms with Gasteiger partial charge in [0.05, 0.1) is 6.04 Å². The summed E-state index contributed by atoms with van der Waals surface area (Å²) in [4.78, 5) is 23.8. The zero-order valence-corrected chi connectivity index (χ0v) is 19.0. The van der Waals surface area contributed by atoms with Crippen molar-refractivity contribution < 1.29 is 9.18 Å². The van der Waals surface area contributed by atoms with Crippen molar-refractivity contribution in [3.63, 3.8) is 0 Å². The third-order valence-electron chi connectivity index (χ3n) is 6.21. The minimum Gasteiger partial charge on any atom is -0.343 e. The number of likely N-dealkylation sites (tertiary alicyclic amines) is 1. The van der Waals surface area contributed by atoms with Gasteiger partial charge in [0.2, 0.25) is 5.91 Å². The highest BCUT2D eigenvalue weighted by Gasteiger charge is 2.26. The van der Waals surface area contributed by atoms with Crippen molar-refractivity contribution in [2.75, 3.05) is 13.1 Å². The summed E-state index contributed by atoms with van der Waals surface area (Å²) in [5.74, 6) is 1.89. The number of hydrogen-bond acceptors (Lipinski definition) is 4. The third kappa shape index (κ3) is 5.21. The molecule has 0 saturated carbocycles. The van der Waals surface area contributed by atoms with E-state index in [9.17, 15) is 9.18 Å². The predicted molar refractivity (Wildman–Crippen MR) is 121 cm³/mol. The number of halogens is 1. The summed E-state index contributed by atoms with van der Waals surface area (Å²) >= 11 is 0. The molecular formula is C25H30FN5O. The first-order valence-corrected chi connectivity index (χ1v) is 11.3. The Labute approximate surface area is 188 Å². The Kier molecular flexibility index (Phi) is 6.63. The van der Waals surface area contributed by atoms with E-state index >= 15 is 0 Å². The van der Waals surface area contributed by atoms with Gasteiger partial charge in [0.15, 0.2) is 0 Å². The van der Waals surface area contributed by atoms with Gasteiger partial charge in [-0.1, -0.05) is 18.2 Å². The average Bonchev–Trinajstić information content (AvgIpc) is 3.12. The Morgan fingerprint density at radius 1 is 1.16 bits per heavy atom. The van der Waals surface area contributed by atoms with Gasteiger partial charge in [-0.25, -0.2) is 14.1 Å². The topological polar surface area (TPSA) is 63.9 Å². The summed E-state index contributed by atoms with van der Waals surface area (Å²) < 4.78 is 15.2. The van der Waals surface area contributed by atoms with Gasteiger partial charge < -0.3 is 4.90 Å². The number of carbonyl (C=O) groups is 1. The number of pyridine rings is 1. The molecule has 3 aromatic rings. The number of aromatic nitrogens is 4. The molecular weight excluding hydrogens is 405 g/mol. The van der Waals surface area contributed by atoms with Crippen molar-refractivity contribution in [1.29, 1.82) is 0 Å². The molecule has 0 unspecified atom stereocenters. The molecule has 2 aromatic heterocycles. The molecule has 0 N–H and O–H groups in total. The van der Waals surface area contributed by atoms with E-state index < -0.39 is 0 Å². The Balaban J connectivity index is 1.29. The Morgan fingerprint density at radius 2 is 1.94 bits per heavy atom. The predicted octanol–water partition coefficient (Wildman–Crippen LogP) is 4.38. The maximum atomic E-state index is 13.4. The van der Waals surface area contributed by atoms with Crippen molar-refractivity contribution in [2.45, 2.75) is 58.4 Å². The van der Waals surface area contributed by atoms with Crippen LogP contribution in [-0.4, -0.2) is 43.6 Å². The largest absolute Gasteiger partial charge is 0.343 e. The van der Waals surface area contributed by atoms with E-state index in [-0.39, 0.29) is 17.8 Å². The first kappa shape index (κ1) is 22.1. The van der Waals surface area contributed by atoms with Crippen LogP contribution in [0.5, 0.6) is 0 Å². The lowest BCUT2D eigenvalue weighted by molar-refractivity contribution is -0.133. The van der Waals surface area contributed by atoms with Crippen LogP contribution < -0.4 is 0 Å². The minimum atomic E-state index is -0.214. The van der Waals surface area contributed by atoms with Crippen LogP contribution >= 0.6 is 0 Å². The van der Waals surface area contributed by atoms with Crippen molar-refractivity contribution in [3.8, 4) is 0 Å². The summed E-state index contributed by atoms with van der Waals surface area (Å²) in [6.07, 6.45) is 4.82. The maximum Gasteiger partial charge on any atom is 0.224 e. The zero-order valence-electron chi connectivity index (χ0n) is 19.0. The van der Waals surface area contributed by atoms with Crippen molar-refractivity contribution in [3.05, 3.63) is 76.9 Å². The standard InChI is InChI=1S/C25H30FN5O/c1-17(31-19(3)28-18(2)29-31)13-25(32)30-11-9-22(10-12-30)24-8-7-21(16-27-24)14-20-5-4-6-23(26)15-20/h4-8,15-17,22H,9-14H2,1-3H3/t17-/m1/s1. The molecule has 1 amide bonds. The number of hydrogen-bond donors (Lipinski definition) is 0. The summed E-state index contributed by atoms with van der Waals surface area (Å²) in [5, 5.41) is 4.41. The van der Waals surface area contributed by atoms with Gasteiger partial charge in [0, 0.05) is 37.3 Å². The second-order valence-corrected chi connectivity index (χ2v) is 8.76. The molecule has 3 heterocycles. The van der Waals surface area contributed by atoms with Crippen molar-refractivity contribution in [2.24, 2.45) is 0 Å². The summed E-state index contributed by atoms with van der Waals surface area (Å²) in [5.41, 5.74) is 3.08. The lowest BCUT2D eigenvalue weighted by Crippen LogP contribution is -2.39. The molecule has 1 aromatic carbocycles. The first-order chi connectivity index (χ1) is 15.4. The zero-order chi connectivity index (χ0) is 22.7. The van der Waals surface area contributed by atoms with E-state index in [0.717, 1.165) is 54.4 Å². The fourth-order valence-corrected chi connectivity index (χ4v) is 4.51. The van der Waals surface area contributed by atoms with E-state index in [1.807, 2.05) is 42.6 Å². The molecule has 32 heavy (non-hydrogen) atoms. The number of aryl methyl sites for hydroxylation is 2. The van der Waals surface area contributed by atoms with Gasteiger partial charge in [0.25, 0.3) is 0 Å². The lowest BCUT2D eigenvalue weighted by Gasteiger charge is -2.32. The first-order valence-electron chi connectivity index (χ1n) is 11.3. The van der Waals surface area contributed by atoms with Crippen LogP contribution in [0.1, 0.15) is 66.6 Å². The molecule has 1 aliphatic rings. The highest BCUT2D eigenvalue weighted by atomic mass is 19.1. The molecule has 1 aliphatic heterocycles. The molecule has 168 valence electrons. The lowest BCUT2D eigenvalue weighted by atomic mass is 9.92. The van der Waals surface area contributed by atoms with Gasteiger partial charge in [-0.05, 0) is 69.4 Å². The maximum absolute atomic E-state index is 13.4. The number of amides is 1. The number of carbonyl (C=O) groups excluding carboxylic acids is 1. The van der Waals surface area contributed by atoms with Crippen molar-refractivity contribution >= 4 is 5.91 Å². The molecule has 0 radical (unpaired) electrons. The molecule has 0 aliphatic carbocycles. The smallest absolute Gasteiger partial charge is 0.224 e. The molecule has 0 spiro atoms. The average molecular weight is 436 g/mol. The molecule has 1 atom stereocenters. The number of rotatable bonds is 6. The van der Waals surface area contributed by atoms with E-state index in [1.54, 1.807) is 12.1 Å². The highest BCUT2D eigenvalue weighted by Crippen LogP contribution is 2.28. The number of nitrogens with zero attached hydrogens (tertiary/aromatic N) is 5. The van der Waals surface area contributed by atoms with E-state index in [4.69, 9.17) is 0 Å².